The summed E-state index contributed by atoms with van der Waals surface area (Å²) in [5, 5.41) is 6.49. The number of rotatable bonds is 3. The highest BCUT2D eigenvalue weighted by molar-refractivity contribution is 5.81. The van der Waals surface area contributed by atoms with Gasteiger partial charge in [-0.1, -0.05) is 6.07 Å². The van der Waals surface area contributed by atoms with Crippen molar-refractivity contribution in [3.8, 4) is 0 Å². The standard InChI is InChI=1S/C14H17F2N3/c1-17-14(18-8-5-6-8)19-12-7-9(12)13-10(15)3-2-4-11(13)16/h2-4,8-9,12H,5-7H2,1H3,(H2,17,18,19)/t9-,12-/m1/s1. The van der Waals surface area contributed by atoms with Crippen molar-refractivity contribution in [1.82, 2.24) is 10.6 Å². The number of hydrogen-bond donors (Lipinski definition) is 2. The van der Waals surface area contributed by atoms with E-state index in [1.807, 2.05) is 0 Å². The summed E-state index contributed by atoms with van der Waals surface area (Å²) in [6.07, 6.45) is 3.07. The monoisotopic (exact) mass is 265 g/mol. The van der Waals surface area contributed by atoms with E-state index in [1.54, 1.807) is 7.05 Å². The van der Waals surface area contributed by atoms with Gasteiger partial charge in [0.25, 0.3) is 0 Å². The fraction of sp³-hybridized carbons (Fsp3) is 0.500. The first-order valence-corrected chi connectivity index (χ1v) is 6.63. The third-order valence-electron chi connectivity index (χ3n) is 3.62. The van der Waals surface area contributed by atoms with E-state index in [-0.39, 0.29) is 17.5 Å². The predicted octanol–water partition coefficient (Wildman–Crippen LogP) is 2.15. The van der Waals surface area contributed by atoms with Crippen LogP contribution in [0.2, 0.25) is 0 Å². The molecule has 3 nitrogen and oxygen atoms in total. The SMILES string of the molecule is CN=C(NC1CC1)N[C@@H]1C[C@H]1c1c(F)cccc1F. The van der Waals surface area contributed by atoms with Crippen LogP contribution in [0, 0.1) is 11.6 Å². The molecule has 2 aliphatic carbocycles. The number of guanidine groups is 1. The number of nitrogens with zero attached hydrogens (tertiary/aromatic N) is 1. The van der Waals surface area contributed by atoms with Crippen LogP contribution in [0.5, 0.6) is 0 Å². The van der Waals surface area contributed by atoms with Crippen LogP contribution in [0.4, 0.5) is 8.78 Å². The molecule has 0 aromatic heterocycles. The van der Waals surface area contributed by atoms with Gasteiger partial charge in [0.2, 0.25) is 0 Å². The number of hydrogen-bond acceptors (Lipinski definition) is 1. The maximum absolute atomic E-state index is 13.6. The number of aliphatic imine (C=N–C) groups is 1. The number of benzene rings is 1. The minimum absolute atomic E-state index is 0.0661. The third-order valence-corrected chi connectivity index (χ3v) is 3.62. The fourth-order valence-electron chi connectivity index (χ4n) is 2.31. The van der Waals surface area contributed by atoms with E-state index in [0.29, 0.717) is 6.04 Å². The van der Waals surface area contributed by atoms with Crippen molar-refractivity contribution in [1.29, 1.82) is 0 Å². The fourth-order valence-corrected chi connectivity index (χ4v) is 2.31. The quantitative estimate of drug-likeness (QED) is 0.649. The predicted molar refractivity (Wildman–Crippen MR) is 70.2 cm³/mol. The summed E-state index contributed by atoms with van der Waals surface area (Å²) in [7, 11) is 1.71. The maximum Gasteiger partial charge on any atom is 0.191 e. The van der Waals surface area contributed by atoms with E-state index in [0.717, 1.165) is 25.2 Å². The largest absolute Gasteiger partial charge is 0.354 e. The van der Waals surface area contributed by atoms with Gasteiger partial charge < -0.3 is 10.6 Å². The molecular weight excluding hydrogens is 248 g/mol. The van der Waals surface area contributed by atoms with Crippen LogP contribution < -0.4 is 10.6 Å². The van der Waals surface area contributed by atoms with Gasteiger partial charge in [-0.2, -0.15) is 0 Å². The van der Waals surface area contributed by atoms with Gasteiger partial charge in [-0.05, 0) is 31.4 Å². The van der Waals surface area contributed by atoms with Gasteiger partial charge in [0.05, 0.1) is 0 Å². The summed E-state index contributed by atoms with van der Waals surface area (Å²) >= 11 is 0. The van der Waals surface area contributed by atoms with Crippen molar-refractivity contribution >= 4 is 5.96 Å². The lowest BCUT2D eigenvalue weighted by atomic mass is 10.1. The summed E-state index contributed by atoms with van der Waals surface area (Å²) in [5.74, 6) is -0.287. The lowest BCUT2D eigenvalue weighted by Crippen LogP contribution is -2.40. The van der Waals surface area contributed by atoms with Crippen molar-refractivity contribution in [2.75, 3.05) is 7.05 Å². The average molecular weight is 265 g/mol. The van der Waals surface area contributed by atoms with Crippen molar-refractivity contribution in [2.24, 2.45) is 4.99 Å². The van der Waals surface area contributed by atoms with Crippen LogP contribution in [0.15, 0.2) is 23.2 Å². The molecule has 2 fully saturated rings. The molecule has 0 spiro atoms. The molecule has 0 amide bonds. The Bertz CT molecular complexity index is 491. The third kappa shape index (κ3) is 2.69. The van der Waals surface area contributed by atoms with Gasteiger partial charge in [-0.15, -0.1) is 0 Å². The van der Waals surface area contributed by atoms with Gasteiger partial charge in [-0.3, -0.25) is 4.99 Å². The van der Waals surface area contributed by atoms with Gasteiger partial charge in [-0.25, -0.2) is 8.78 Å². The maximum atomic E-state index is 13.6. The molecule has 5 heteroatoms. The second-order valence-corrected chi connectivity index (χ2v) is 5.22. The molecule has 19 heavy (non-hydrogen) atoms. The van der Waals surface area contributed by atoms with Crippen LogP contribution in [-0.2, 0) is 0 Å². The van der Waals surface area contributed by atoms with Crippen molar-refractivity contribution < 1.29 is 8.78 Å². The molecule has 102 valence electrons. The van der Waals surface area contributed by atoms with Crippen molar-refractivity contribution in [3.05, 3.63) is 35.4 Å². The van der Waals surface area contributed by atoms with Crippen LogP contribution in [0.25, 0.3) is 0 Å². The molecule has 0 saturated heterocycles. The Morgan fingerprint density at radius 3 is 2.47 bits per heavy atom. The van der Waals surface area contributed by atoms with Gasteiger partial charge in [0.15, 0.2) is 5.96 Å². The van der Waals surface area contributed by atoms with Crippen LogP contribution >= 0.6 is 0 Å². The summed E-state index contributed by atoms with van der Waals surface area (Å²) < 4.78 is 27.3. The molecule has 2 atom stereocenters. The molecular formula is C14H17F2N3. The summed E-state index contributed by atoms with van der Waals surface area (Å²) in [5.41, 5.74) is 0.196. The normalized spacial score (nSPS) is 26.2. The lowest BCUT2D eigenvalue weighted by molar-refractivity contribution is 0.553. The molecule has 0 aliphatic heterocycles. The Kier molecular flexibility index (Phi) is 3.12. The van der Waals surface area contributed by atoms with E-state index in [2.05, 4.69) is 15.6 Å². The molecule has 2 aliphatic rings. The molecule has 0 bridgehead atoms. The molecule has 0 unspecified atom stereocenters. The molecule has 0 heterocycles. The smallest absolute Gasteiger partial charge is 0.191 e. The van der Waals surface area contributed by atoms with Crippen LogP contribution in [0.3, 0.4) is 0 Å². The first-order valence-electron chi connectivity index (χ1n) is 6.63. The summed E-state index contributed by atoms with van der Waals surface area (Å²) in [6, 6.07) is 4.59. The molecule has 1 aromatic rings. The van der Waals surface area contributed by atoms with Gasteiger partial charge >= 0.3 is 0 Å². The lowest BCUT2D eigenvalue weighted by Gasteiger charge is -2.11. The van der Waals surface area contributed by atoms with E-state index in [9.17, 15) is 8.78 Å². The number of nitrogens with one attached hydrogen (secondary N) is 2. The second kappa shape index (κ2) is 4.79. The molecule has 0 radical (unpaired) electrons. The van der Waals surface area contributed by atoms with E-state index < -0.39 is 11.6 Å². The highest BCUT2D eigenvalue weighted by Gasteiger charge is 2.42. The summed E-state index contributed by atoms with van der Waals surface area (Å²) in [4.78, 5) is 4.13. The van der Waals surface area contributed by atoms with Gasteiger partial charge in [0.1, 0.15) is 11.6 Å². The first-order chi connectivity index (χ1) is 9.19. The minimum Gasteiger partial charge on any atom is -0.354 e. The van der Waals surface area contributed by atoms with Crippen LogP contribution in [0.1, 0.15) is 30.7 Å². The highest BCUT2D eigenvalue weighted by atomic mass is 19.1. The minimum atomic E-state index is -0.459. The topological polar surface area (TPSA) is 36.4 Å². The number of halogens is 2. The van der Waals surface area contributed by atoms with Gasteiger partial charge in [0, 0.05) is 30.6 Å². The molecule has 3 rings (SSSR count). The van der Waals surface area contributed by atoms with Crippen LogP contribution in [-0.4, -0.2) is 25.1 Å². The first kappa shape index (κ1) is 12.4. The van der Waals surface area contributed by atoms with E-state index in [4.69, 9.17) is 0 Å². The zero-order valence-electron chi connectivity index (χ0n) is 10.8. The Morgan fingerprint density at radius 1 is 1.21 bits per heavy atom. The zero-order valence-corrected chi connectivity index (χ0v) is 10.8. The average Bonchev–Trinajstić information content (AvgIpc) is 3.26. The molecule has 2 saturated carbocycles. The molecule has 2 N–H and O–H groups in total. The zero-order chi connectivity index (χ0) is 13.4. The molecule has 1 aromatic carbocycles. The van der Waals surface area contributed by atoms with E-state index >= 15 is 0 Å². The Labute approximate surface area is 111 Å². The second-order valence-electron chi connectivity index (χ2n) is 5.22. The van der Waals surface area contributed by atoms with Crippen molar-refractivity contribution in [3.63, 3.8) is 0 Å². The summed E-state index contributed by atoms with van der Waals surface area (Å²) in [6.45, 7) is 0. The Hall–Kier alpha value is -1.65. The van der Waals surface area contributed by atoms with Crippen molar-refractivity contribution in [2.45, 2.75) is 37.3 Å². The van der Waals surface area contributed by atoms with E-state index in [1.165, 1.54) is 18.2 Å². The Balaban J connectivity index is 1.64. The highest BCUT2D eigenvalue weighted by Crippen LogP contribution is 2.43. The Morgan fingerprint density at radius 2 is 1.89 bits per heavy atom.